The molecule has 4 amide bonds. The van der Waals surface area contributed by atoms with Crippen LogP contribution in [0.3, 0.4) is 0 Å². The van der Waals surface area contributed by atoms with E-state index in [1.807, 2.05) is 18.2 Å². The molecule has 1 fully saturated rings. The van der Waals surface area contributed by atoms with Gasteiger partial charge in [-0.15, -0.1) is 0 Å². The molecule has 4 aromatic carbocycles. The number of carbonyl (C=O) groups is 3. The average Bonchev–Trinajstić information content (AvgIpc) is 2.93. The van der Waals surface area contributed by atoms with Gasteiger partial charge in [-0.2, -0.15) is 0 Å². The number of carbonyl (C=O) groups excluding carboxylic acids is 3. The van der Waals surface area contributed by atoms with Gasteiger partial charge in [0.15, 0.2) is 0 Å². The third-order valence-corrected chi connectivity index (χ3v) is 6.55. The lowest BCUT2D eigenvalue weighted by atomic mass is 10.0. The number of imide groups is 2. The maximum absolute atomic E-state index is 13.5. The second kappa shape index (κ2) is 10.9. The highest BCUT2D eigenvalue weighted by Crippen LogP contribution is 2.32. The molecule has 4 aromatic rings. The highest BCUT2D eigenvalue weighted by molar-refractivity contribution is 6.46. The number of hydrogen-bond acceptors (Lipinski definition) is 4. The average molecular weight is 543 g/mol. The molecule has 1 saturated heterocycles. The van der Waals surface area contributed by atoms with Crippen molar-refractivity contribution in [2.24, 2.45) is 0 Å². The van der Waals surface area contributed by atoms with Crippen LogP contribution in [0.15, 0.2) is 109 Å². The molecule has 38 heavy (non-hydrogen) atoms. The number of nitrogens with zero attached hydrogens (tertiary/aromatic N) is 2. The number of hydrogen-bond donors (Lipinski definition) is 0. The second-order valence-corrected chi connectivity index (χ2v) is 9.18. The Balaban J connectivity index is 1.49. The largest absolute Gasteiger partial charge is 0.487 e. The molecule has 0 bridgehead atoms. The van der Waals surface area contributed by atoms with Crippen LogP contribution >= 0.6 is 23.2 Å². The molecule has 8 heteroatoms. The van der Waals surface area contributed by atoms with E-state index in [4.69, 9.17) is 27.9 Å². The molecule has 0 spiro atoms. The number of barbiturate groups is 1. The van der Waals surface area contributed by atoms with Crippen molar-refractivity contribution in [2.75, 3.05) is 9.80 Å². The van der Waals surface area contributed by atoms with E-state index in [2.05, 4.69) is 0 Å². The summed E-state index contributed by atoms with van der Waals surface area (Å²) in [5.41, 5.74) is 1.82. The molecule has 0 atom stereocenters. The maximum atomic E-state index is 13.5. The number of anilines is 2. The zero-order chi connectivity index (χ0) is 26.6. The number of urea groups is 1. The number of benzene rings is 4. The smallest absolute Gasteiger partial charge is 0.343 e. The standard InChI is InChI=1S/C30H20Cl2N2O4/c31-25-14-8-7-9-21(25)19-38-27-16-15-20(18-26(27)32)17-24-28(35)33(22-10-3-1-4-11-22)30(37)34(29(24)36)23-12-5-2-6-13-23/h1-18H,19H2. The Labute approximate surface area is 229 Å². The Morgan fingerprint density at radius 2 is 1.21 bits per heavy atom. The fraction of sp³-hybridized carbons (Fsp3) is 0.0333. The van der Waals surface area contributed by atoms with Gasteiger partial charge in [0.1, 0.15) is 17.9 Å². The first-order chi connectivity index (χ1) is 18.4. The van der Waals surface area contributed by atoms with Crippen molar-refractivity contribution in [1.29, 1.82) is 0 Å². The van der Waals surface area contributed by atoms with E-state index in [9.17, 15) is 14.4 Å². The van der Waals surface area contributed by atoms with E-state index >= 15 is 0 Å². The van der Waals surface area contributed by atoms with E-state index in [-0.39, 0.29) is 17.2 Å². The summed E-state index contributed by atoms with van der Waals surface area (Å²) in [5, 5.41) is 0.873. The monoisotopic (exact) mass is 542 g/mol. The summed E-state index contributed by atoms with van der Waals surface area (Å²) in [6.45, 7) is 0.219. The van der Waals surface area contributed by atoms with Crippen LogP contribution in [0.1, 0.15) is 11.1 Å². The Kier molecular flexibility index (Phi) is 7.26. The molecule has 1 aliphatic rings. The summed E-state index contributed by atoms with van der Waals surface area (Å²) >= 11 is 12.7. The fourth-order valence-electron chi connectivity index (χ4n) is 4.00. The van der Waals surface area contributed by atoms with E-state index in [0.29, 0.717) is 27.7 Å². The van der Waals surface area contributed by atoms with Crippen molar-refractivity contribution in [3.05, 3.63) is 130 Å². The van der Waals surface area contributed by atoms with Crippen LogP contribution in [0.5, 0.6) is 5.75 Å². The van der Waals surface area contributed by atoms with Gasteiger partial charge < -0.3 is 4.74 Å². The third-order valence-electron chi connectivity index (χ3n) is 5.89. The fourth-order valence-corrected chi connectivity index (χ4v) is 4.43. The van der Waals surface area contributed by atoms with E-state index < -0.39 is 17.8 Å². The molecule has 6 nitrogen and oxygen atoms in total. The van der Waals surface area contributed by atoms with Crippen LogP contribution < -0.4 is 14.5 Å². The summed E-state index contributed by atoms with van der Waals surface area (Å²) in [6, 6.07) is 28.4. The number of amides is 4. The summed E-state index contributed by atoms with van der Waals surface area (Å²) in [5.74, 6) is -1.04. The Morgan fingerprint density at radius 1 is 0.658 bits per heavy atom. The minimum Gasteiger partial charge on any atom is -0.487 e. The van der Waals surface area contributed by atoms with Crippen LogP contribution in [0.2, 0.25) is 10.0 Å². The minimum absolute atomic E-state index is 0.182. The number of para-hydroxylation sites is 2. The van der Waals surface area contributed by atoms with Crippen LogP contribution in [0.25, 0.3) is 6.08 Å². The zero-order valence-corrected chi connectivity index (χ0v) is 21.4. The number of ether oxygens (including phenoxy) is 1. The van der Waals surface area contributed by atoms with Gasteiger partial charge in [-0.25, -0.2) is 14.6 Å². The molecular formula is C30H20Cl2N2O4. The predicted octanol–water partition coefficient (Wildman–Crippen LogP) is 7.16. The third kappa shape index (κ3) is 5.05. The van der Waals surface area contributed by atoms with Crippen molar-refractivity contribution < 1.29 is 19.1 Å². The van der Waals surface area contributed by atoms with Crippen LogP contribution in [0, 0.1) is 0 Å². The molecule has 5 rings (SSSR count). The molecule has 1 aliphatic heterocycles. The van der Waals surface area contributed by atoms with Gasteiger partial charge in [0.2, 0.25) is 0 Å². The zero-order valence-electron chi connectivity index (χ0n) is 19.9. The van der Waals surface area contributed by atoms with Crippen molar-refractivity contribution >= 4 is 58.5 Å². The topological polar surface area (TPSA) is 66.9 Å². The van der Waals surface area contributed by atoms with Gasteiger partial charge in [-0.3, -0.25) is 9.59 Å². The molecule has 0 N–H and O–H groups in total. The van der Waals surface area contributed by atoms with Crippen LogP contribution in [-0.2, 0) is 16.2 Å². The lowest BCUT2D eigenvalue weighted by Crippen LogP contribution is -2.57. The van der Waals surface area contributed by atoms with Gasteiger partial charge in [-0.05, 0) is 54.1 Å². The molecule has 0 aromatic heterocycles. The quantitative estimate of drug-likeness (QED) is 0.191. The van der Waals surface area contributed by atoms with E-state index in [0.717, 1.165) is 15.4 Å². The first-order valence-corrected chi connectivity index (χ1v) is 12.4. The second-order valence-electron chi connectivity index (χ2n) is 8.36. The van der Waals surface area contributed by atoms with Crippen LogP contribution in [-0.4, -0.2) is 17.8 Å². The molecule has 0 radical (unpaired) electrons. The van der Waals surface area contributed by atoms with Gasteiger partial charge in [0, 0.05) is 10.6 Å². The molecule has 0 unspecified atom stereocenters. The Morgan fingerprint density at radius 3 is 1.76 bits per heavy atom. The first kappa shape index (κ1) is 25.3. The molecular weight excluding hydrogens is 523 g/mol. The highest BCUT2D eigenvalue weighted by Gasteiger charge is 2.43. The van der Waals surface area contributed by atoms with Gasteiger partial charge >= 0.3 is 6.03 Å². The molecule has 188 valence electrons. The molecule has 0 aliphatic carbocycles. The SMILES string of the molecule is O=C1C(=Cc2ccc(OCc3ccccc3Cl)c(Cl)c2)C(=O)N(c2ccccc2)C(=O)N1c1ccccc1. The Hall–Kier alpha value is -4.39. The van der Waals surface area contributed by atoms with E-state index in [1.165, 1.54) is 6.08 Å². The summed E-state index contributed by atoms with van der Waals surface area (Å²) < 4.78 is 5.82. The van der Waals surface area contributed by atoms with Crippen molar-refractivity contribution in [3.8, 4) is 5.75 Å². The number of rotatable bonds is 6. The summed E-state index contributed by atoms with van der Waals surface area (Å²) in [4.78, 5) is 42.4. The van der Waals surface area contributed by atoms with Crippen molar-refractivity contribution in [2.45, 2.75) is 6.61 Å². The van der Waals surface area contributed by atoms with Gasteiger partial charge in [-0.1, -0.05) is 83.9 Å². The first-order valence-electron chi connectivity index (χ1n) is 11.6. The van der Waals surface area contributed by atoms with Gasteiger partial charge in [0.25, 0.3) is 11.8 Å². The summed E-state index contributed by atoms with van der Waals surface area (Å²) in [7, 11) is 0. The maximum Gasteiger partial charge on any atom is 0.343 e. The van der Waals surface area contributed by atoms with Crippen molar-refractivity contribution in [1.82, 2.24) is 0 Å². The van der Waals surface area contributed by atoms with Gasteiger partial charge in [0.05, 0.1) is 16.4 Å². The van der Waals surface area contributed by atoms with Crippen molar-refractivity contribution in [3.63, 3.8) is 0 Å². The normalized spacial score (nSPS) is 13.6. The molecule has 0 saturated carbocycles. The number of halogens is 2. The minimum atomic E-state index is -0.754. The van der Waals surface area contributed by atoms with E-state index in [1.54, 1.807) is 84.9 Å². The Bertz CT molecular complexity index is 1490. The summed E-state index contributed by atoms with van der Waals surface area (Å²) in [6.07, 6.45) is 1.42. The van der Waals surface area contributed by atoms with Crippen LogP contribution in [0.4, 0.5) is 16.2 Å². The predicted molar refractivity (Wildman–Crippen MR) is 148 cm³/mol. The lowest BCUT2D eigenvalue weighted by Gasteiger charge is -2.33. The highest BCUT2D eigenvalue weighted by atomic mass is 35.5. The molecule has 1 heterocycles. The lowest BCUT2D eigenvalue weighted by molar-refractivity contribution is -0.121.